The van der Waals surface area contributed by atoms with E-state index >= 15 is 0 Å². The standard InChI is InChI=1S/C11H15NO3S/c1-14-10(13)11(4-5-15-8-11)12-7-9-3-2-6-16-9/h2-3,6,12H,4-5,7-8H2,1H3. The lowest BCUT2D eigenvalue weighted by Crippen LogP contribution is -2.52. The van der Waals surface area contributed by atoms with Crippen LogP contribution in [0.5, 0.6) is 0 Å². The van der Waals surface area contributed by atoms with Crippen LogP contribution in [0.15, 0.2) is 17.5 Å². The first-order valence-corrected chi connectivity index (χ1v) is 6.08. The summed E-state index contributed by atoms with van der Waals surface area (Å²) in [5, 5.41) is 5.28. The molecule has 5 heteroatoms. The van der Waals surface area contributed by atoms with Crippen LogP contribution < -0.4 is 5.32 Å². The van der Waals surface area contributed by atoms with Crippen molar-refractivity contribution in [3.8, 4) is 0 Å². The van der Waals surface area contributed by atoms with Crippen LogP contribution in [0, 0.1) is 0 Å². The number of hydrogen-bond donors (Lipinski definition) is 1. The van der Waals surface area contributed by atoms with Crippen molar-refractivity contribution in [2.75, 3.05) is 20.3 Å². The Morgan fingerprint density at radius 2 is 2.62 bits per heavy atom. The molecule has 1 N–H and O–H groups in total. The molecular formula is C11H15NO3S. The third-order valence-electron chi connectivity index (χ3n) is 2.78. The van der Waals surface area contributed by atoms with Gasteiger partial charge >= 0.3 is 5.97 Å². The summed E-state index contributed by atoms with van der Waals surface area (Å²) in [4.78, 5) is 12.9. The highest BCUT2D eigenvalue weighted by molar-refractivity contribution is 7.09. The summed E-state index contributed by atoms with van der Waals surface area (Å²) in [6, 6.07) is 4.04. The van der Waals surface area contributed by atoms with E-state index in [2.05, 4.69) is 5.32 Å². The molecule has 0 aromatic carbocycles. The first kappa shape index (κ1) is 11.6. The highest BCUT2D eigenvalue weighted by atomic mass is 32.1. The average Bonchev–Trinajstić information content (AvgIpc) is 2.97. The van der Waals surface area contributed by atoms with Crippen molar-refractivity contribution in [1.82, 2.24) is 5.32 Å². The molecule has 1 aliphatic rings. The largest absolute Gasteiger partial charge is 0.468 e. The molecule has 0 bridgehead atoms. The van der Waals surface area contributed by atoms with Crippen LogP contribution >= 0.6 is 11.3 Å². The highest BCUT2D eigenvalue weighted by Crippen LogP contribution is 2.21. The van der Waals surface area contributed by atoms with Crippen molar-refractivity contribution in [3.05, 3.63) is 22.4 Å². The van der Waals surface area contributed by atoms with Crippen LogP contribution in [0.1, 0.15) is 11.3 Å². The number of methoxy groups -OCH3 is 1. The molecular weight excluding hydrogens is 226 g/mol. The van der Waals surface area contributed by atoms with E-state index in [-0.39, 0.29) is 5.97 Å². The topological polar surface area (TPSA) is 47.6 Å². The molecule has 2 rings (SSSR count). The Morgan fingerprint density at radius 3 is 3.19 bits per heavy atom. The van der Waals surface area contributed by atoms with Gasteiger partial charge < -0.3 is 9.47 Å². The van der Waals surface area contributed by atoms with Gasteiger partial charge in [0.25, 0.3) is 0 Å². The van der Waals surface area contributed by atoms with Crippen molar-refractivity contribution in [3.63, 3.8) is 0 Å². The molecule has 1 aliphatic heterocycles. The molecule has 16 heavy (non-hydrogen) atoms. The molecule has 2 heterocycles. The number of carbonyl (C=O) groups excluding carboxylic acids is 1. The fourth-order valence-corrected chi connectivity index (χ4v) is 2.45. The molecule has 88 valence electrons. The van der Waals surface area contributed by atoms with Gasteiger partial charge in [0.05, 0.1) is 13.7 Å². The van der Waals surface area contributed by atoms with Gasteiger partial charge in [0.1, 0.15) is 5.54 Å². The molecule has 0 aliphatic carbocycles. The number of esters is 1. The minimum Gasteiger partial charge on any atom is -0.468 e. The summed E-state index contributed by atoms with van der Waals surface area (Å²) in [6.45, 7) is 1.67. The van der Waals surface area contributed by atoms with Crippen molar-refractivity contribution in [2.24, 2.45) is 0 Å². The van der Waals surface area contributed by atoms with Gasteiger partial charge in [-0.25, -0.2) is 4.79 Å². The zero-order valence-electron chi connectivity index (χ0n) is 9.19. The summed E-state index contributed by atoms with van der Waals surface area (Å²) in [5.41, 5.74) is -0.654. The summed E-state index contributed by atoms with van der Waals surface area (Å²) in [6.07, 6.45) is 0.672. The summed E-state index contributed by atoms with van der Waals surface area (Å²) in [5.74, 6) is -0.235. The second-order valence-corrected chi connectivity index (χ2v) is 4.84. The van der Waals surface area contributed by atoms with Crippen molar-refractivity contribution >= 4 is 17.3 Å². The van der Waals surface area contributed by atoms with Crippen LogP contribution in [0.2, 0.25) is 0 Å². The van der Waals surface area contributed by atoms with E-state index in [0.717, 1.165) is 0 Å². The summed E-state index contributed by atoms with van der Waals surface area (Å²) < 4.78 is 10.1. The number of ether oxygens (including phenoxy) is 2. The van der Waals surface area contributed by atoms with E-state index in [1.807, 2.05) is 17.5 Å². The number of nitrogens with one attached hydrogen (secondary N) is 1. The zero-order valence-corrected chi connectivity index (χ0v) is 10.0. The lowest BCUT2D eigenvalue weighted by molar-refractivity contribution is -0.148. The predicted octanol–water partition coefficient (Wildman–Crippen LogP) is 1.17. The Morgan fingerprint density at radius 1 is 1.75 bits per heavy atom. The van der Waals surface area contributed by atoms with Crippen LogP contribution in [0.3, 0.4) is 0 Å². The lowest BCUT2D eigenvalue weighted by Gasteiger charge is -2.25. The molecule has 1 unspecified atom stereocenters. The fraction of sp³-hybridized carbons (Fsp3) is 0.545. The molecule has 1 fully saturated rings. The molecule has 0 radical (unpaired) electrons. The predicted molar refractivity (Wildman–Crippen MR) is 61.3 cm³/mol. The minimum atomic E-state index is -0.654. The van der Waals surface area contributed by atoms with Crippen molar-refractivity contribution in [1.29, 1.82) is 0 Å². The Kier molecular flexibility index (Phi) is 3.58. The van der Waals surface area contributed by atoms with Crippen LogP contribution in [0.4, 0.5) is 0 Å². The third-order valence-corrected chi connectivity index (χ3v) is 3.66. The molecule has 1 atom stereocenters. The molecule has 0 saturated carbocycles. The zero-order chi connectivity index (χ0) is 11.4. The summed E-state index contributed by atoms with van der Waals surface area (Å²) in [7, 11) is 1.41. The first-order chi connectivity index (χ1) is 7.77. The Hall–Kier alpha value is -0.910. The number of carbonyl (C=O) groups is 1. The number of thiophene rings is 1. The Labute approximate surface area is 98.6 Å². The molecule has 0 spiro atoms. The van der Waals surface area contributed by atoms with Gasteiger partial charge in [-0.05, 0) is 11.4 Å². The van der Waals surface area contributed by atoms with Gasteiger partial charge in [-0.1, -0.05) is 6.07 Å². The smallest absolute Gasteiger partial charge is 0.328 e. The average molecular weight is 241 g/mol. The van der Waals surface area contributed by atoms with Crippen LogP contribution in [0.25, 0.3) is 0 Å². The van der Waals surface area contributed by atoms with Gasteiger partial charge in [-0.15, -0.1) is 11.3 Å². The van der Waals surface area contributed by atoms with Gasteiger partial charge in [0.2, 0.25) is 0 Å². The number of hydrogen-bond acceptors (Lipinski definition) is 5. The maximum Gasteiger partial charge on any atom is 0.328 e. The first-order valence-electron chi connectivity index (χ1n) is 5.20. The van der Waals surface area contributed by atoms with Gasteiger partial charge in [0, 0.05) is 24.4 Å². The normalized spacial score (nSPS) is 24.6. The Bertz CT molecular complexity index is 344. The van der Waals surface area contributed by atoms with Gasteiger partial charge in [0.15, 0.2) is 0 Å². The van der Waals surface area contributed by atoms with E-state index in [9.17, 15) is 4.79 Å². The number of rotatable bonds is 4. The lowest BCUT2D eigenvalue weighted by atomic mass is 9.99. The van der Waals surface area contributed by atoms with Crippen molar-refractivity contribution < 1.29 is 14.3 Å². The van der Waals surface area contributed by atoms with Crippen LogP contribution in [-0.2, 0) is 20.8 Å². The van der Waals surface area contributed by atoms with Crippen molar-refractivity contribution in [2.45, 2.75) is 18.5 Å². The minimum absolute atomic E-state index is 0.235. The quantitative estimate of drug-likeness (QED) is 0.804. The highest BCUT2D eigenvalue weighted by Gasteiger charge is 2.43. The molecule has 1 aromatic rings. The SMILES string of the molecule is COC(=O)C1(NCc2cccs2)CCOC1. The maximum atomic E-state index is 11.7. The third kappa shape index (κ3) is 2.26. The summed E-state index contributed by atoms with van der Waals surface area (Å²) >= 11 is 1.67. The second kappa shape index (κ2) is 4.95. The fourth-order valence-electron chi connectivity index (χ4n) is 1.80. The van der Waals surface area contributed by atoms with Gasteiger partial charge in [-0.3, -0.25) is 5.32 Å². The molecule has 4 nitrogen and oxygen atoms in total. The van der Waals surface area contributed by atoms with Crippen LogP contribution in [-0.4, -0.2) is 31.8 Å². The van der Waals surface area contributed by atoms with E-state index < -0.39 is 5.54 Å². The monoisotopic (exact) mass is 241 g/mol. The molecule has 0 amide bonds. The van der Waals surface area contributed by atoms with E-state index in [1.165, 1.54) is 12.0 Å². The maximum absolute atomic E-state index is 11.7. The van der Waals surface area contributed by atoms with Gasteiger partial charge in [-0.2, -0.15) is 0 Å². The van der Waals surface area contributed by atoms with E-state index in [1.54, 1.807) is 11.3 Å². The Balaban J connectivity index is 2.00. The van der Waals surface area contributed by atoms with E-state index in [4.69, 9.17) is 9.47 Å². The second-order valence-electron chi connectivity index (χ2n) is 3.81. The molecule has 1 saturated heterocycles. The van der Waals surface area contributed by atoms with E-state index in [0.29, 0.717) is 26.2 Å². The molecule has 1 aromatic heterocycles.